The highest BCUT2D eigenvalue weighted by Crippen LogP contribution is 2.29. The molecule has 21 heavy (non-hydrogen) atoms. The van der Waals surface area contributed by atoms with Crippen molar-refractivity contribution in [1.29, 1.82) is 0 Å². The van der Waals surface area contributed by atoms with Crippen LogP contribution in [0.4, 0.5) is 4.39 Å². The van der Waals surface area contributed by atoms with Crippen LogP contribution in [-0.2, 0) is 11.3 Å². The van der Waals surface area contributed by atoms with Crippen molar-refractivity contribution in [3.05, 3.63) is 33.6 Å². The number of hydrogen-bond donors (Lipinski definition) is 1. The molecule has 0 saturated carbocycles. The fourth-order valence-corrected chi connectivity index (χ4v) is 2.81. The quantitative estimate of drug-likeness (QED) is 0.843. The number of halogens is 3. The van der Waals surface area contributed by atoms with Gasteiger partial charge in [0.25, 0.3) is 0 Å². The van der Waals surface area contributed by atoms with E-state index in [0.717, 1.165) is 0 Å². The van der Waals surface area contributed by atoms with Gasteiger partial charge >= 0.3 is 0 Å². The molecule has 0 radical (unpaired) electrons. The predicted octanol–water partition coefficient (Wildman–Crippen LogP) is 2.16. The molecule has 1 aliphatic heterocycles. The summed E-state index contributed by atoms with van der Waals surface area (Å²) in [6.07, 6.45) is -0.669. The Morgan fingerprint density at radius 2 is 2.10 bits per heavy atom. The largest absolute Gasteiger partial charge is 0.390 e. The standard InChI is InChI=1S/C14H17Cl2FN2O2/c1-9(20)19-5-4-18(6-10(21)7-19)8-11-13(17)3-2-12(15)14(11)16/h2-3,10,21H,4-8H2,1H3/t10-/m0/s1. The lowest BCUT2D eigenvalue weighted by atomic mass is 10.2. The van der Waals surface area contributed by atoms with Crippen LogP contribution in [0.1, 0.15) is 12.5 Å². The Morgan fingerprint density at radius 3 is 2.76 bits per heavy atom. The highest BCUT2D eigenvalue weighted by Gasteiger charge is 2.24. The monoisotopic (exact) mass is 334 g/mol. The van der Waals surface area contributed by atoms with Crippen molar-refractivity contribution in [2.75, 3.05) is 26.2 Å². The van der Waals surface area contributed by atoms with Crippen molar-refractivity contribution in [2.45, 2.75) is 19.6 Å². The summed E-state index contributed by atoms with van der Waals surface area (Å²) in [4.78, 5) is 14.9. The van der Waals surface area contributed by atoms with Gasteiger partial charge in [0.1, 0.15) is 5.82 Å². The lowest BCUT2D eigenvalue weighted by Gasteiger charge is -2.22. The Bertz CT molecular complexity index is 542. The first-order chi connectivity index (χ1) is 9.88. The van der Waals surface area contributed by atoms with E-state index in [1.807, 2.05) is 4.90 Å². The molecular weight excluding hydrogens is 318 g/mol. The van der Waals surface area contributed by atoms with Crippen LogP contribution in [0.25, 0.3) is 0 Å². The molecule has 1 atom stereocenters. The maximum absolute atomic E-state index is 13.9. The normalized spacial score (nSPS) is 20.4. The summed E-state index contributed by atoms with van der Waals surface area (Å²) >= 11 is 12.0. The summed E-state index contributed by atoms with van der Waals surface area (Å²) < 4.78 is 13.9. The SMILES string of the molecule is CC(=O)N1CCN(Cc2c(F)ccc(Cl)c2Cl)C[C@H](O)C1. The van der Waals surface area contributed by atoms with Gasteiger partial charge in [-0.3, -0.25) is 9.69 Å². The number of amides is 1. The van der Waals surface area contributed by atoms with Crippen LogP contribution < -0.4 is 0 Å². The Labute approximate surface area is 133 Å². The van der Waals surface area contributed by atoms with Gasteiger partial charge in [0.15, 0.2) is 0 Å². The van der Waals surface area contributed by atoms with E-state index in [4.69, 9.17) is 23.2 Å². The maximum Gasteiger partial charge on any atom is 0.219 e. The van der Waals surface area contributed by atoms with Gasteiger partial charge in [-0.25, -0.2) is 4.39 Å². The van der Waals surface area contributed by atoms with Gasteiger partial charge in [0, 0.05) is 45.2 Å². The second-order valence-electron chi connectivity index (χ2n) is 5.18. The molecule has 1 aliphatic rings. The van der Waals surface area contributed by atoms with Crippen molar-refractivity contribution in [3.63, 3.8) is 0 Å². The molecule has 0 bridgehead atoms. The molecule has 0 spiro atoms. The average Bonchev–Trinajstić information content (AvgIpc) is 2.61. The number of rotatable bonds is 2. The van der Waals surface area contributed by atoms with E-state index in [1.54, 1.807) is 4.90 Å². The van der Waals surface area contributed by atoms with Gasteiger partial charge in [-0.15, -0.1) is 0 Å². The van der Waals surface area contributed by atoms with Crippen LogP contribution in [-0.4, -0.2) is 53.1 Å². The molecule has 1 aromatic carbocycles. The summed E-state index contributed by atoms with van der Waals surface area (Å²) in [5.41, 5.74) is 0.313. The molecule has 1 saturated heterocycles. The Morgan fingerprint density at radius 1 is 1.38 bits per heavy atom. The average molecular weight is 335 g/mol. The van der Waals surface area contributed by atoms with E-state index in [9.17, 15) is 14.3 Å². The smallest absolute Gasteiger partial charge is 0.219 e. The molecule has 0 unspecified atom stereocenters. The number of nitrogens with zero attached hydrogens (tertiary/aromatic N) is 2. The summed E-state index contributed by atoms with van der Waals surface area (Å²) in [6.45, 7) is 3.39. The first kappa shape index (κ1) is 16.5. The lowest BCUT2D eigenvalue weighted by Crippen LogP contribution is -2.36. The van der Waals surface area contributed by atoms with Gasteiger partial charge in [-0.05, 0) is 12.1 Å². The first-order valence-electron chi connectivity index (χ1n) is 6.66. The van der Waals surface area contributed by atoms with E-state index < -0.39 is 11.9 Å². The minimum absolute atomic E-state index is 0.0807. The fourth-order valence-electron chi connectivity index (χ4n) is 2.42. The van der Waals surface area contributed by atoms with Crippen LogP contribution in [0.15, 0.2) is 12.1 Å². The Kier molecular flexibility index (Phi) is 5.43. The molecule has 7 heteroatoms. The van der Waals surface area contributed by atoms with Crippen molar-refractivity contribution in [2.24, 2.45) is 0 Å². The molecule has 0 aliphatic carbocycles. The number of aliphatic hydroxyl groups is 1. The van der Waals surface area contributed by atoms with Crippen molar-refractivity contribution >= 4 is 29.1 Å². The van der Waals surface area contributed by atoms with Crippen LogP contribution >= 0.6 is 23.2 Å². The molecule has 1 aromatic rings. The van der Waals surface area contributed by atoms with Crippen LogP contribution in [0.5, 0.6) is 0 Å². The van der Waals surface area contributed by atoms with Crippen molar-refractivity contribution in [1.82, 2.24) is 9.80 Å². The number of hydrogen-bond acceptors (Lipinski definition) is 3. The highest BCUT2D eigenvalue weighted by atomic mass is 35.5. The molecule has 2 rings (SSSR count). The number of carbonyl (C=O) groups is 1. The molecule has 4 nitrogen and oxygen atoms in total. The van der Waals surface area contributed by atoms with Crippen LogP contribution in [0.2, 0.25) is 10.0 Å². The third-order valence-corrected chi connectivity index (χ3v) is 4.40. The zero-order chi connectivity index (χ0) is 15.6. The molecular formula is C14H17Cl2FN2O2. The Balaban J connectivity index is 2.13. The van der Waals surface area contributed by atoms with E-state index >= 15 is 0 Å². The maximum atomic E-state index is 13.9. The van der Waals surface area contributed by atoms with Gasteiger partial charge in [0.05, 0.1) is 16.1 Å². The minimum atomic E-state index is -0.669. The van der Waals surface area contributed by atoms with E-state index in [1.165, 1.54) is 19.1 Å². The topological polar surface area (TPSA) is 43.8 Å². The number of benzene rings is 1. The Hall–Kier alpha value is -0.880. The van der Waals surface area contributed by atoms with Crippen LogP contribution in [0.3, 0.4) is 0 Å². The van der Waals surface area contributed by atoms with E-state index in [2.05, 4.69) is 0 Å². The number of carbonyl (C=O) groups excluding carboxylic acids is 1. The number of aliphatic hydroxyl groups excluding tert-OH is 1. The predicted molar refractivity (Wildman–Crippen MR) is 80.0 cm³/mol. The molecule has 1 heterocycles. The van der Waals surface area contributed by atoms with Crippen molar-refractivity contribution < 1.29 is 14.3 Å². The third kappa shape index (κ3) is 4.07. The van der Waals surface area contributed by atoms with Gasteiger partial charge < -0.3 is 10.0 Å². The zero-order valence-electron chi connectivity index (χ0n) is 11.7. The highest BCUT2D eigenvalue weighted by molar-refractivity contribution is 6.42. The van der Waals surface area contributed by atoms with Crippen molar-refractivity contribution in [3.8, 4) is 0 Å². The van der Waals surface area contributed by atoms with E-state index in [0.29, 0.717) is 30.2 Å². The fraction of sp³-hybridized carbons (Fsp3) is 0.500. The lowest BCUT2D eigenvalue weighted by molar-refractivity contribution is -0.129. The second kappa shape index (κ2) is 6.92. The van der Waals surface area contributed by atoms with Gasteiger partial charge in [-0.1, -0.05) is 23.2 Å². The third-order valence-electron chi connectivity index (χ3n) is 3.55. The summed E-state index contributed by atoms with van der Waals surface area (Å²) in [7, 11) is 0. The van der Waals surface area contributed by atoms with Gasteiger partial charge in [-0.2, -0.15) is 0 Å². The second-order valence-corrected chi connectivity index (χ2v) is 5.96. The minimum Gasteiger partial charge on any atom is -0.390 e. The summed E-state index contributed by atoms with van der Waals surface area (Å²) in [6, 6.07) is 2.69. The molecule has 1 fully saturated rings. The molecule has 1 amide bonds. The van der Waals surface area contributed by atoms with E-state index in [-0.39, 0.29) is 24.0 Å². The molecule has 116 valence electrons. The van der Waals surface area contributed by atoms with Gasteiger partial charge in [0.2, 0.25) is 5.91 Å². The molecule has 0 aromatic heterocycles. The summed E-state index contributed by atoms with van der Waals surface area (Å²) in [5, 5.41) is 10.5. The number of β-amino-alcohol motifs (C(OH)–C–C–N with tert-alkyl or cyclic N) is 1. The van der Waals surface area contributed by atoms with Crippen LogP contribution in [0, 0.1) is 5.82 Å². The zero-order valence-corrected chi connectivity index (χ0v) is 13.2. The molecule has 1 N–H and O–H groups in total. The first-order valence-corrected chi connectivity index (χ1v) is 7.42. The summed E-state index contributed by atoms with van der Waals surface area (Å²) in [5.74, 6) is -0.505.